The second kappa shape index (κ2) is 6.38. The van der Waals surface area contributed by atoms with Crippen molar-refractivity contribution in [2.24, 2.45) is 5.73 Å². The summed E-state index contributed by atoms with van der Waals surface area (Å²) in [6.07, 6.45) is 0. The van der Waals surface area contributed by atoms with E-state index in [4.69, 9.17) is 5.73 Å². The van der Waals surface area contributed by atoms with Crippen molar-refractivity contribution < 1.29 is 9.72 Å². The Labute approximate surface area is 153 Å². The van der Waals surface area contributed by atoms with E-state index in [1.54, 1.807) is 24.3 Å². The smallest absolute Gasteiger partial charge is 0.269 e. The first-order valence-electron chi connectivity index (χ1n) is 8.17. The van der Waals surface area contributed by atoms with Crippen LogP contribution in [0.1, 0.15) is 10.4 Å². The summed E-state index contributed by atoms with van der Waals surface area (Å²) in [6, 6.07) is 19.0. The van der Waals surface area contributed by atoms with Crippen LogP contribution in [0.3, 0.4) is 0 Å². The lowest BCUT2D eigenvalue weighted by atomic mass is 9.99. The van der Waals surface area contributed by atoms with Crippen molar-refractivity contribution in [2.45, 2.75) is 0 Å². The summed E-state index contributed by atoms with van der Waals surface area (Å²) in [6.45, 7) is 0. The molecule has 0 spiro atoms. The lowest BCUT2D eigenvalue weighted by molar-refractivity contribution is -0.384. The maximum absolute atomic E-state index is 11.7. The van der Waals surface area contributed by atoms with Crippen LogP contribution in [-0.4, -0.2) is 20.8 Å². The number of nitrogens with two attached hydrogens (primary N) is 1. The standard InChI is InChI=1S/C20H14N4O3/c21-19(25)16-4-2-1-3-15(16)13-7-10-17-18(11-13)23-20(22-17)12-5-8-14(9-6-12)24(26)27/h1-11H,(H2,21,25)(H,22,23). The number of benzene rings is 3. The number of primary amides is 1. The van der Waals surface area contributed by atoms with Gasteiger partial charge in [-0.25, -0.2) is 4.98 Å². The zero-order chi connectivity index (χ0) is 19.0. The number of hydrogen-bond donors (Lipinski definition) is 2. The fourth-order valence-corrected chi connectivity index (χ4v) is 3.00. The molecule has 4 rings (SSSR count). The Hall–Kier alpha value is -4.00. The highest BCUT2D eigenvalue weighted by molar-refractivity contribution is 6.00. The van der Waals surface area contributed by atoms with Crippen LogP contribution in [0.15, 0.2) is 66.7 Å². The number of aromatic nitrogens is 2. The normalized spacial score (nSPS) is 10.8. The second-order valence-electron chi connectivity index (χ2n) is 6.03. The Morgan fingerprint density at radius 2 is 1.70 bits per heavy atom. The Morgan fingerprint density at radius 1 is 1.00 bits per heavy atom. The number of nitro benzene ring substituents is 1. The number of amides is 1. The van der Waals surface area contributed by atoms with Crippen LogP contribution in [0.2, 0.25) is 0 Å². The Balaban J connectivity index is 1.77. The highest BCUT2D eigenvalue weighted by atomic mass is 16.6. The quantitative estimate of drug-likeness (QED) is 0.425. The third kappa shape index (κ3) is 3.02. The molecule has 0 saturated carbocycles. The van der Waals surface area contributed by atoms with Gasteiger partial charge in [-0.05, 0) is 41.5 Å². The number of nitro groups is 1. The second-order valence-corrected chi connectivity index (χ2v) is 6.03. The lowest BCUT2D eigenvalue weighted by Gasteiger charge is -2.06. The Kier molecular flexibility index (Phi) is 3.89. The zero-order valence-electron chi connectivity index (χ0n) is 14.0. The average molecular weight is 358 g/mol. The van der Waals surface area contributed by atoms with Crippen molar-refractivity contribution in [1.29, 1.82) is 0 Å². The summed E-state index contributed by atoms with van der Waals surface area (Å²) in [5, 5.41) is 10.8. The van der Waals surface area contributed by atoms with Crippen LogP contribution in [0.25, 0.3) is 33.5 Å². The van der Waals surface area contributed by atoms with Gasteiger partial charge in [-0.1, -0.05) is 24.3 Å². The number of nitrogens with one attached hydrogen (secondary N) is 1. The molecule has 4 aromatic rings. The number of nitrogens with zero attached hydrogens (tertiary/aromatic N) is 2. The molecule has 0 aliphatic heterocycles. The molecule has 0 aliphatic rings. The number of non-ortho nitro benzene ring substituents is 1. The summed E-state index contributed by atoms with van der Waals surface area (Å²) < 4.78 is 0. The molecule has 0 aliphatic carbocycles. The molecule has 7 heteroatoms. The molecule has 3 aromatic carbocycles. The molecule has 0 atom stereocenters. The van der Waals surface area contributed by atoms with Crippen molar-refractivity contribution in [3.8, 4) is 22.5 Å². The molecule has 1 amide bonds. The van der Waals surface area contributed by atoms with Crippen molar-refractivity contribution >= 4 is 22.6 Å². The average Bonchev–Trinajstić information content (AvgIpc) is 3.11. The molecule has 27 heavy (non-hydrogen) atoms. The first kappa shape index (κ1) is 16.5. The van der Waals surface area contributed by atoms with Crippen LogP contribution in [0.4, 0.5) is 5.69 Å². The Morgan fingerprint density at radius 3 is 2.41 bits per heavy atom. The fraction of sp³-hybridized carbons (Fsp3) is 0. The van der Waals surface area contributed by atoms with E-state index in [0.29, 0.717) is 11.4 Å². The van der Waals surface area contributed by atoms with E-state index in [0.717, 1.165) is 27.7 Å². The van der Waals surface area contributed by atoms with Crippen LogP contribution < -0.4 is 5.73 Å². The molecule has 0 saturated heterocycles. The molecule has 7 nitrogen and oxygen atoms in total. The van der Waals surface area contributed by atoms with E-state index in [1.807, 2.05) is 30.3 Å². The van der Waals surface area contributed by atoms with E-state index in [1.165, 1.54) is 12.1 Å². The fourth-order valence-electron chi connectivity index (χ4n) is 3.00. The molecule has 0 unspecified atom stereocenters. The number of aromatic amines is 1. The van der Waals surface area contributed by atoms with Crippen LogP contribution in [0, 0.1) is 10.1 Å². The number of H-pyrrole nitrogens is 1. The van der Waals surface area contributed by atoms with E-state index in [2.05, 4.69) is 9.97 Å². The van der Waals surface area contributed by atoms with Crippen LogP contribution in [-0.2, 0) is 0 Å². The van der Waals surface area contributed by atoms with Gasteiger partial charge in [0.1, 0.15) is 5.82 Å². The molecule has 0 bridgehead atoms. The van der Waals surface area contributed by atoms with Gasteiger partial charge in [0.05, 0.1) is 16.0 Å². The van der Waals surface area contributed by atoms with Crippen molar-refractivity contribution in [3.63, 3.8) is 0 Å². The van der Waals surface area contributed by atoms with Gasteiger partial charge in [0.15, 0.2) is 0 Å². The molecule has 1 aromatic heterocycles. The van der Waals surface area contributed by atoms with Gasteiger partial charge in [-0.3, -0.25) is 14.9 Å². The number of hydrogen-bond acceptors (Lipinski definition) is 4. The van der Waals surface area contributed by atoms with Crippen molar-refractivity contribution in [3.05, 3.63) is 82.4 Å². The minimum Gasteiger partial charge on any atom is -0.366 e. The topological polar surface area (TPSA) is 115 Å². The molecular weight excluding hydrogens is 344 g/mol. The number of rotatable bonds is 4. The maximum Gasteiger partial charge on any atom is 0.269 e. The van der Waals surface area contributed by atoms with Crippen molar-refractivity contribution in [2.75, 3.05) is 0 Å². The predicted molar refractivity (Wildman–Crippen MR) is 102 cm³/mol. The van der Waals surface area contributed by atoms with E-state index < -0.39 is 10.8 Å². The van der Waals surface area contributed by atoms with Gasteiger partial charge in [0.2, 0.25) is 5.91 Å². The molecule has 0 fully saturated rings. The SMILES string of the molecule is NC(=O)c1ccccc1-c1ccc2nc(-c3ccc([N+](=O)[O-])cc3)[nH]c2c1. The molecule has 132 valence electrons. The van der Waals surface area contributed by atoms with E-state index in [9.17, 15) is 14.9 Å². The van der Waals surface area contributed by atoms with Gasteiger partial charge >= 0.3 is 0 Å². The summed E-state index contributed by atoms with van der Waals surface area (Å²) in [5.74, 6) is 0.127. The first-order valence-corrected chi connectivity index (χ1v) is 8.17. The van der Waals surface area contributed by atoms with Crippen LogP contribution in [0.5, 0.6) is 0 Å². The lowest BCUT2D eigenvalue weighted by Crippen LogP contribution is -2.12. The highest BCUT2D eigenvalue weighted by Gasteiger charge is 2.12. The van der Waals surface area contributed by atoms with Gasteiger partial charge in [0, 0.05) is 23.3 Å². The summed E-state index contributed by atoms with van der Waals surface area (Å²) >= 11 is 0. The van der Waals surface area contributed by atoms with E-state index in [-0.39, 0.29) is 5.69 Å². The largest absolute Gasteiger partial charge is 0.366 e. The monoisotopic (exact) mass is 358 g/mol. The number of carbonyl (C=O) groups excluding carboxylic acids is 1. The molecule has 3 N–H and O–H groups in total. The van der Waals surface area contributed by atoms with Gasteiger partial charge in [0.25, 0.3) is 5.69 Å². The first-order chi connectivity index (χ1) is 13.0. The van der Waals surface area contributed by atoms with Crippen molar-refractivity contribution in [1.82, 2.24) is 9.97 Å². The zero-order valence-corrected chi connectivity index (χ0v) is 14.0. The minimum atomic E-state index is -0.484. The number of carbonyl (C=O) groups is 1. The number of imidazole rings is 1. The van der Waals surface area contributed by atoms with Crippen LogP contribution >= 0.6 is 0 Å². The highest BCUT2D eigenvalue weighted by Crippen LogP contribution is 2.28. The molecule has 1 heterocycles. The van der Waals surface area contributed by atoms with Gasteiger partial charge in [-0.2, -0.15) is 0 Å². The number of fused-ring (bicyclic) bond motifs is 1. The summed E-state index contributed by atoms with van der Waals surface area (Å²) in [5.41, 5.74) is 9.83. The predicted octanol–water partition coefficient (Wildman–Crippen LogP) is 3.90. The minimum absolute atomic E-state index is 0.0280. The maximum atomic E-state index is 11.7. The summed E-state index contributed by atoms with van der Waals surface area (Å²) in [7, 11) is 0. The third-order valence-corrected chi connectivity index (χ3v) is 4.34. The third-order valence-electron chi connectivity index (χ3n) is 4.34. The summed E-state index contributed by atoms with van der Waals surface area (Å²) in [4.78, 5) is 29.8. The molecular formula is C20H14N4O3. The van der Waals surface area contributed by atoms with Gasteiger partial charge < -0.3 is 10.7 Å². The Bertz CT molecular complexity index is 1180. The van der Waals surface area contributed by atoms with E-state index >= 15 is 0 Å². The van der Waals surface area contributed by atoms with Gasteiger partial charge in [-0.15, -0.1) is 0 Å². The molecule has 0 radical (unpaired) electrons.